The minimum Gasteiger partial charge on any atom is -0.481 e. The molecule has 0 saturated carbocycles. The molecule has 0 fully saturated rings. The van der Waals surface area contributed by atoms with Gasteiger partial charge in [0.2, 0.25) is 0 Å². The van der Waals surface area contributed by atoms with Crippen LogP contribution >= 0.6 is 0 Å². The Balaban J connectivity index is 3.09. The monoisotopic (exact) mass is 456 g/mol. The van der Waals surface area contributed by atoms with Crippen LogP contribution in [0.2, 0.25) is 0 Å². The van der Waals surface area contributed by atoms with Gasteiger partial charge in [0, 0.05) is 19.4 Å². The predicted octanol–water partition coefficient (Wildman–Crippen LogP) is 7.58. The Morgan fingerprint density at radius 1 is 0.469 bits per heavy atom. The third kappa shape index (κ3) is 26.9. The molecule has 0 spiro atoms. The number of hydrogen-bond acceptors (Lipinski definition) is 4. The molecule has 32 heavy (non-hydrogen) atoms. The van der Waals surface area contributed by atoms with Crippen LogP contribution in [-0.2, 0) is 14.3 Å². The lowest BCUT2D eigenvalue weighted by molar-refractivity contribution is -0.144. The number of carbonyl (C=O) groups excluding carboxylic acids is 1. The summed E-state index contributed by atoms with van der Waals surface area (Å²) in [4.78, 5) is 21.8. The summed E-state index contributed by atoms with van der Waals surface area (Å²) in [7, 11) is 0. The fourth-order valence-electron chi connectivity index (χ4n) is 4.04. The number of hydrogen-bond donors (Lipinski definition) is 2. The lowest BCUT2D eigenvalue weighted by Crippen LogP contribution is -2.06. The van der Waals surface area contributed by atoms with E-state index in [1.54, 1.807) is 0 Å². The highest BCUT2D eigenvalue weighted by Gasteiger charge is 2.04. The quantitative estimate of drug-likeness (QED) is 0.103. The average Bonchev–Trinajstić information content (AvgIpc) is 2.77. The van der Waals surface area contributed by atoms with Crippen LogP contribution in [0.1, 0.15) is 148 Å². The summed E-state index contributed by atoms with van der Waals surface area (Å²) in [5.41, 5.74) is 0. The molecule has 0 aliphatic rings. The Morgan fingerprint density at radius 2 is 0.812 bits per heavy atom. The summed E-state index contributed by atoms with van der Waals surface area (Å²) in [6.07, 6.45) is 26.5. The van der Waals surface area contributed by atoms with Crippen LogP contribution in [0.3, 0.4) is 0 Å². The van der Waals surface area contributed by atoms with Crippen molar-refractivity contribution in [2.24, 2.45) is 0 Å². The first kappa shape index (κ1) is 30.9. The van der Waals surface area contributed by atoms with E-state index in [1.807, 2.05) is 0 Å². The summed E-state index contributed by atoms with van der Waals surface area (Å²) in [6.45, 7) is 0.820. The molecule has 0 unspecified atom stereocenters. The topological polar surface area (TPSA) is 83.8 Å². The normalized spacial score (nSPS) is 11.0. The highest BCUT2D eigenvalue weighted by Crippen LogP contribution is 2.14. The molecule has 0 aromatic carbocycles. The maximum absolute atomic E-state index is 11.4. The number of rotatable bonds is 26. The molecule has 0 aromatic rings. The average molecular weight is 457 g/mol. The van der Waals surface area contributed by atoms with E-state index in [0.29, 0.717) is 19.6 Å². The number of aliphatic hydroxyl groups excluding tert-OH is 1. The van der Waals surface area contributed by atoms with Crippen LogP contribution in [-0.4, -0.2) is 35.4 Å². The first-order chi connectivity index (χ1) is 15.7. The second kappa shape index (κ2) is 26.2. The second-order valence-corrected chi connectivity index (χ2v) is 9.26. The van der Waals surface area contributed by atoms with Gasteiger partial charge in [0.1, 0.15) is 0 Å². The van der Waals surface area contributed by atoms with Crippen molar-refractivity contribution in [1.82, 2.24) is 0 Å². The van der Waals surface area contributed by atoms with Crippen LogP contribution in [0.25, 0.3) is 0 Å². The SMILES string of the molecule is O=C(O)CCCC(=O)OCCCCCCCCCCCCCCCCCCCCCCO. The molecule has 0 aliphatic heterocycles. The van der Waals surface area contributed by atoms with E-state index in [4.69, 9.17) is 14.9 Å². The number of unbranched alkanes of at least 4 members (excludes halogenated alkanes) is 19. The zero-order valence-corrected chi connectivity index (χ0v) is 20.8. The van der Waals surface area contributed by atoms with Crippen molar-refractivity contribution in [1.29, 1.82) is 0 Å². The first-order valence-electron chi connectivity index (χ1n) is 13.6. The van der Waals surface area contributed by atoms with Gasteiger partial charge in [-0.25, -0.2) is 0 Å². The highest BCUT2D eigenvalue weighted by atomic mass is 16.5. The molecular weight excluding hydrogens is 404 g/mol. The van der Waals surface area contributed by atoms with Crippen LogP contribution in [0.15, 0.2) is 0 Å². The van der Waals surface area contributed by atoms with E-state index in [0.717, 1.165) is 19.3 Å². The van der Waals surface area contributed by atoms with E-state index in [9.17, 15) is 9.59 Å². The van der Waals surface area contributed by atoms with E-state index < -0.39 is 5.97 Å². The maximum atomic E-state index is 11.4. The number of ether oxygens (including phenoxy) is 1. The van der Waals surface area contributed by atoms with Gasteiger partial charge in [0.15, 0.2) is 0 Å². The molecule has 2 N–H and O–H groups in total. The molecule has 190 valence electrons. The molecule has 5 heteroatoms. The number of aliphatic carboxylic acids is 1. The first-order valence-corrected chi connectivity index (χ1v) is 13.6. The molecule has 0 atom stereocenters. The van der Waals surface area contributed by atoms with Crippen LogP contribution < -0.4 is 0 Å². The van der Waals surface area contributed by atoms with E-state index in [2.05, 4.69) is 0 Å². The molecule has 0 bridgehead atoms. The molecule has 0 radical (unpaired) electrons. The van der Waals surface area contributed by atoms with E-state index >= 15 is 0 Å². The Labute approximate surface area is 197 Å². The third-order valence-corrected chi connectivity index (χ3v) is 6.09. The Bertz CT molecular complexity index is 411. The number of carboxylic acid groups (broad SMARTS) is 1. The molecule has 0 heterocycles. The zero-order chi connectivity index (χ0) is 23.5. The van der Waals surface area contributed by atoms with Crippen molar-refractivity contribution in [3.05, 3.63) is 0 Å². The molecule has 0 rings (SSSR count). The van der Waals surface area contributed by atoms with E-state index in [-0.39, 0.29) is 18.8 Å². The van der Waals surface area contributed by atoms with Gasteiger partial charge in [0.05, 0.1) is 6.61 Å². The van der Waals surface area contributed by atoms with Gasteiger partial charge in [-0.1, -0.05) is 116 Å². The molecule has 0 aliphatic carbocycles. The summed E-state index contributed by atoms with van der Waals surface area (Å²) in [5.74, 6) is -1.13. The molecule has 5 nitrogen and oxygen atoms in total. The summed E-state index contributed by atoms with van der Waals surface area (Å²) in [6, 6.07) is 0. The Hall–Kier alpha value is -1.10. The lowest BCUT2D eigenvalue weighted by Gasteiger charge is -2.05. The zero-order valence-electron chi connectivity index (χ0n) is 20.8. The minimum absolute atomic E-state index is 0.0311. The van der Waals surface area contributed by atoms with Crippen molar-refractivity contribution in [3.63, 3.8) is 0 Å². The molecule has 0 aromatic heterocycles. The Morgan fingerprint density at radius 3 is 1.16 bits per heavy atom. The maximum Gasteiger partial charge on any atom is 0.305 e. The minimum atomic E-state index is -0.864. The number of carboxylic acids is 1. The van der Waals surface area contributed by atoms with Gasteiger partial charge >= 0.3 is 11.9 Å². The van der Waals surface area contributed by atoms with Gasteiger partial charge in [-0.2, -0.15) is 0 Å². The number of esters is 1. The van der Waals surface area contributed by atoms with Gasteiger partial charge in [-0.15, -0.1) is 0 Å². The van der Waals surface area contributed by atoms with Crippen LogP contribution in [0.5, 0.6) is 0 Å². The van der Waals surface area contributed by atoms with Gasteiger partial charge in [-0.3, -0.25) is 9.59 Å². The van der Waals surface area contributed by atoms with Crippen molar-refractivity contribution >= 4 is 11.9 Å². The fourth-order valence-corrected chi connectivity index (χ4v) is 4.04. The third-order valence-electron chi connectivity index (χ3n) is 6.09. The van der Waals surface area contributed by atoms with Crippen molar-refractivity contribution in [2.75, 3.05) is 13.2 Å². The molecular formula is C27H52O5. The predicted molar refractivity (Wildman–Crippen MR) is 132 cm³/mol. The van der Waals surface area contributed by atoms with Crippen molar-refractivity contribution < 1.29 is 24.5 Å². The van der Waals surface area contributed by atoms with Crippen LogP contribution in [0.4, 0.5) is 0 Å². The Kier molecular flexibility index (Phi) is 25.3. The van der Waals surface area contributed by atoms with Crippen molar-refractivity contribution in [2.45, 2.75) is 148 Å². The fraction of sp³-hybridized carbons (Fsp3) is 0.926. The lowest BCUT2D eigenvalue weighted by atomic mass is 10.0. The summed E-state index contributed by atoms with van der Waals surface area (Å²) < 4.78 is 5.13. The van der Waals surface area contributed by atoms with Crippen LogP contribution in [0, 0.1) is 0 Å². The largest absolute Gasteiger partial charge is 0.481 e. The number of carbonyl (C=O) groups is 2. The second-order valence-electron chi connectivity index (χ2n) is 9.26. The van der Waals surface area contributed by atoms with Crippen molar-refractivity contribution in [3.8, 4) is 0 Å². The van der Waals surface area contributed by atoms with Gasteiger partial charge in [-0.05, 0) is 19.3 Å². The summed E-state index contributed by atoms with van der Waals surface area (Å²) in [5, 5.41) is 17.3. The highest BCUT2D eigenvalue weighted by molar-refractivity contribution is 5.71. The van der Waals surface area contributed by atoms with Gasteiger partial charge < -0.3 is 14.9 Å². The van der Waals surface area contributed by atoms with E-state index in [1.165, 1.54) is 109 Å². The summed E-state index contributed by atoms with van der Waals surface area (Å²) >= 11 is 0. The molecule has 0 saturated heterocycles. The molecule has 0 amide bonds. The smallest absolute Gasteiger partial charge is 0.305 e. The van der Waals surface area contributed by atoms with Gasteiger partial charge in [0.25, 0.3) is 0 Å². The number of aliphatic hydroxyl groups is 1. The standard InChI is InChI=1S/C27H52O5/c28-24-19-17-15-13-11-9-7-5-3-1-2-4-6-8-10-12-14-16-18-20-25-32-27(31)23-21-22-26(29)30/h28H,1-25H2,(H,29,30).